The molecule has 0 aromatic carbocycles. The van der Waals surface area contributed by atoms with Crippen LogP contribution in [0.25, 0.3) is 0 Å². The lowest BCUT2D eigenvalue weighted by Gasteiger charge is -2.35. The number of aromatic nitrogens is 1. The van der Waals surface area contributed by atoms with Gasteiger partial charge in [-0.2, -0.15) is 5.26 Å². The molecule has 0 bridgehead atoms. The lowest BCUT2D eigenvalue weighted by molar-refractivity contribution is -0.119. The molecule has 6 nitrogen and oxygen atoms in total. The molecule has 1 aliphatic heterocycles. The van der Waals surface area contributed by atoms with Gasteiger partial charge in [0.2, 0.25) is 5.91 Å². The number of piperazine rings is 1. The van der Waals surface area contributed by atoms with Gasteiger partial charge in [-0.05, 0) is 12.1 Å². The third-order valence-electron chi connectivity index (χ3n) is 2.72. The molecule has 1 fully saturated rings. The van der Waals surface area contributed by atoms with Crippen LogP contribution in [0.15, 0.2) is 18.2 Å². The molecule has 1 aromatic rings. The lowest BCUT2D eigenvalue weighted by atomic mass is 10.2. The second-order valence-corrected chi connectivity index (χ2v) is 3.81. The summed E-state index contributed by atoms with van der Waals surface area (Å²) in [6, 6.07) is 6.73. The molecule has 88 valence electrons. The van der Waals surface area contributed by atoms with E-state index in [2.05, 4.69) is 10.3 Å². The van der Waals surface area contributed by atoms with E-state index in [1.165, 1.54) is 0 Å². The minimum absolute atomic E-state index is 0.337. The van der Waals surface area contributed by atoms with Crippen molar-refractivity contribution in [2.45, 2.75) is 6.04 Å². The topological polar surface area (TPSA) is 95.0 Å². The largest absolute Gasteiger partial charge is 0.368 e. The molecule has 0 spiro atoms. The fourth-order valence-electron chi connectivity index (χ4n) is 1.88. The molecule has 2 rings (SSSR count). The second kappa shape index (κ2) is 4.80. The molecule has 17 heavy (non-hydrogen) atoms. The smallest absolute Gasteiger partial charge is 0.241 e. The quantitative estimate of drug-likeness (QED) is 0.696. The van der Waals surface area contributed by atoms with Crippen LogP contribution in [0.4, 0.5) is 5.82 Å². The number of carbonyl (C=O) groups is 1. The standard InChI is InChI=1S/C11H13N5O/c12-6-8-2-1-3-10(15-8)16-5-4-14-7-9(16)11(13)17/h1-3,9,14H,4-5,7H2,(H2,13,17). The number of nitrogens with two attached hydrogens (primary N) is 1. The number of nitriles is 1. The predicted octanol–water partition coefficient (Wildman–Crippen LogP) is -0.783. The fraction of sp³-hybridized carbons (Fsp3) is 0.364. The van der Waals surface area contributed by atoms with Crippen LogP contribution in [0.5, 0.6) is 0 Å². The first-order valence-electron chi connectivity index (χ1n) is 5.36. The Morgan fingerprint density at radius 1 is 1.65 bits per heavy atom. The molecule has 0 radical (unpaired) electrons. The van der Waals surface area contributed by atoms with Gasteiger partial charge in [-0.3, -0.25) is 4.79 Å². The summed E-state index contributed by atoms with van der Waals surface area (Å²) in [6.45, 7) is 1.92. The number of rotatable bonds is 2. The molecule has 1 amide bonds. The highest BCUT2D eigenvalue weighted by molar-refractivity contribution is 5.83. The van der Waals surface area contributed by atoms with E-state index in [9.17, 15) is 4.79 Å². The van der Waals surface area contributed by atoms with Crippen LogP contribution in [0.1, 0.15) is 5.69 Å². The maximum Gasteiger partial charge on any atom is 0.241 e. The van der Waals surface area contributed by atoms with E-state index in [1.807, 2.05) is 11.0 Å². The molecular weight excluding hydrogens is 218 g/mol. The fourth-order valence-corrected chi connectivity index (χ4v) is 1.88. The van der Waals surface area contributed by atoms with E-state index >= 15 is 0 Å². The third-order valence-corrected chi connectivity index (χ3v) is 2.72. The van der Waals surface area contributed by atoms with Crippen molar-refractivity contribution in [3.05, 3.63) is 23.9 Å². The van der Waals surface area contributed by atoms with Crippen molar-refractivity contribution in [3.63, 3.8) is 0 Å². The molecule has 0 aliphatic carbocycles. The summed E-state index contributed by atoms with van der Waals surface area (Å²) in [5.74, 6) is 0.232. The van der Waals surface area contributed by atoms with Crippen LogP contribution in [-0.2, 0) is 4.79 Å². The molecule has 1 saturated heterocycles. The number of amides is 1. The number of hydrogen-bond acceptors (Lipinski definition) is 5. The van der Waals surface area contributed by atoms with E-state index in [4.69, 9.17) is 11.0 Å². The Kier molecular flexibility index (Phi) is 3.21. The zero-order chi connectivity index (χ0) is 12.3. The first-order chi connectivity index (χ1) is 8.22. The van der Waals surface area contributed by atoms with E-state index in [0.29, 0.717) is 24.6 Å². The number of pyridine rings is 1. The summed E-state index contributed by atoms with van der Waals surface area (Å²) in [7, 11) is 0. The van der Waals surface area contributed by atoms with Gasteiger partial charge < -0.3 is 16.0 Å². The van der Waals surface area contributed by atoms with Crippen LogP contribution >= 0.6 is 0 Å². The Labute approximate surface area is 99.0 Å². The van der Waals surface area contributed by atoms with Crippen molar-refractivity contribution in [3.8, 4) is 6.07 Å². The molecule has 1 aromatic heterocycles. The van der Waals surface area contributed by atoms with Gasteiger partial charge in [0.25, 0.3) is 0 Å². The van der Waals surface area contributed by atoms with Crippen LogP contribution < -0.4 is 16.0 Å². The Morgan fingerprint density at radius 3 is 3.18 bits per heavy atom. The summed E-state index contributed by atoms with van der Waals surface area (Å²) in [5.41, 5.74) is 5.69. The molecule has 3 N–H and O–H groups in total. The van der Waals surface area contributed by atoms with Gasteiger partial charge in [-0.15, -0.1) is 0 Å². The number of primary amides is 1. The first-order valence-corrected chi connectivity index (χ1v) is 5.36. The van der Waals surface area contributed by atoms with Gasteiger partial charge >= 0.3 is 0 Å². The highest BCUT2D eigenvalue weighted by Crippen LogP contribution is 2.15. The van der Waals surface area contributed by atoms with Crippen molar-refractivity contribution in [1.82, 2.24) is 10.3 Å². The molecule has 1 atom stereocenters. The van der Waals surface area contributed by atoms with Crippen LogP contribution in [0, 0.1) is 11.3 Å². The Hall–Kier alpha value is -2.13. The maximum absolute atomic E-state index is 11.3. The van der Waals surface area contributed by atoms with Gasteiger partial charge in [0.15, 0.2) is 0 Å². The molecule has 6 heteroatoms. The van der Waals surface area contributed by atoms with E-state index in [0.717, 1.165) is 6.54 Å². The second-order valence-electron chi connectivity index (χ2n) is 3.81. The highest BCUT2D eigenvalue weighted by Gasteiger charge is 2.27. The van der Waals surface area contributed by atoms with Gasteiger partial charge in [-0.25, -0.2) is 4.98 Å². The number of hydrogen-bond donors (Lipinski definition) is 2. The zero-order valence-electron chi connectivity index (χ0n) is 9.26. The van der Waals surface area contributed by atoms with Gasteiger partial charge in [0.1, 0.15) is 23.6 Å². The third kappa shape index (κ3) is 2.34. The lowest BCUT2D eigenvalue weighted by Crippen LogP contribution is -2.57. The minimum Gasteiger partial charge on any atom is -0.368 e. The van der Waals surface area contributed by atoms with E-state index in [-0.39, 0.29) is 5.91 Å². The van der Waals surface area contributed by atoms with Crippen molar-refractivity contribution >= 4 is 11.7 Å². The maximum atomic E-state index is 11.3. The van der Waals surface area contributed by atoms with Gasteiger partial charge in [0, 0.05) is 19.6 Å². The first kappa shape index (κ1) is 11.4. The normalized spacial score (nSPS) is 19.7. The van der Waals surface area contributed by atoms with Crippen LogP contribution in [0.2, 0.25) is 0 Å². The van der Waals surface area contributed by atoms with Gasteiger partial charge in [0.05, 0.1) is 0 Å². The minimum atomic E-state index is -0.412. The summed E-state index contributed by atoms with van der Waals surface area (Å²) in [4.78, 5) is 17.4. The SMILES string of the molecule is N#Cc1cccc(N2CCNCC2C(N)=O)n1. The summed E-state index contributed by atoms with van der Waals surface area (Å²) in [6.07, 6.45) is 0. The van der Waals surface area contributed by atoms with Gasteiger partial charge in [-0.1, -0.05) is 6.07 Å². The molecule has 2 heterocycles. The van der Waals surface area contributed by atoms with E-state index in [1.54, 1.807) is 18.2 Å². The number of nitrogens with one attached hydrogen (secondary N) is 1. The number of anilines is 1. The number of nitrogens with zero attached hydrogens (tertiary/aromatic N) is 3. The molecule has 1 unspecified atom stereocenters. The van der Waals surface area contributed by atoms with E-state index < -0.39 is 6.04 Å². The summed E-state index contributed by atoms with van der Waals surface area (Å²) >= 11 is 0. The summed E-state index contributed by atoms with van der Waals surface area (Å²) in [5, 5.41) is 11.9. The molecule has 0 saturated carbocycles. The monoisotopic (exact) mass is 231 g/mol. The zero-order valence-corrected chi connectivity index (χ0v) is 9.26. The van der Waals surface area contributed by atoms with Crippen molar-refractivity contribution in [2.75, 3.05) is 24.5 Å². The average Bonchev–Trinajstić information content (AvgIpc) is 2.39. The Bertz CT molecular complexity index is 467. The van der Waals surface area contributed by atoms with Crippen LogP contribution in [0.3, 0.4) is 0 Å². The van der Waals surface area contributed by atoms with Crippen molar-refractivity contribution in [2.24, 2.45) is 5.73 Å². The summed E-state index contributed by atoms with van der Waals surface area (Å²) < 4.78 is 0. The van der Waals surface area contributed by atoms with Crippen molar-refractivity contribution in [1.29, 1.82) is 5.26 Å². The Balaban J connectivity index is 2.29. The average molecular weight is 231 g/mol. The Morgan fingerprint density at radius 2 is 2.47 bits per heavy atom. The van der Waals surface area contributed by atoms with Crippen LogP contribution in [-0.4, -0.2) is 36.6 Å². The highest BCUT2D eigenvalue weighted by atomic mass is 16.1. The molecule has 1 aliphatic rings. The number of carbonyl (C=O) groups excluding carboxylic acids is 1. The predicted molar refractivity (Wildman–Crippen MR) is 62.2 cm³/mol. The molecular formula is C11H13N5O. The van der Waals surface area contributed by atoms with Crippen molar-refractivity contribution < 1.29 is 4.79 Å².